The molecule has 0 saturated heterocycles. The lowest BCUT2D eigenvalue weighted by molar-refractivity contribution is 0.209. The number of hydrogen-bond acceptors (Lipinski definition) is 0. The summed E-state index contributed by atoms with van der Waals surface area (Å²) in [5.41, 5.74) is 0. The van der Waals surface area contributed by atoms with Crippen molar-refractivity contribution in [2.45, 2.75) is 70.6 Å². The minimum atomic E-state index is 1.14. The first kappa shape index (κ1) is 10.2. The van der Waals surface area contributed by atoms with E-state index in [1.54, 1.807) is 44.9 Å². The summed E-state index contributed by atoms with van der Waals surface area (Å²) < 4.78 is 0. The zero-order chi connectivity index (χ0) is 10.1. The van der Waals surface area contributed by atoms with Gasteiger partial charge in [0.25, 0.3) is 0 Å². The molecule has 0 aliphatic heterocycles. The Morgan fingerprint density at radius 1 is 0.533 bits per heavy atom. The van der Waals surface area contributed by atoms with Crippen LogP contribution < -0.4 is 0 Å². The van der Waals surface area contributed by atoms with E-state index in [-0.39, 0.29) is 0 Å². The lowest BCUT2D eigenvalue weighted by atomic mass is 9.76. The average Bonchev–Trinajstić information content (AvgIpc) is 2.79. The van der Waals surface area contributed by atoms with Crippen LogP contribution in [0.25, 0.3) is 0 Å². The molecule has 0 amide bonds. The first-order chi connectivity index (χ1) is 7.43. The predicted octanol–water partition coefficient (Wildman–Crippen LogP) is 4.78. The van der Waals surface area contributed by atoms with Crippen molar-refractivity contribution < 1.29 is 0 Å². The van der Waals surface area contributed by atoms with Gasteiger partial charge >= 0.3 is 0 Å². The second-order valence-corrected chi connectivity index (χ2v) is 6.46. The topological polar surface area (TPSA) is 0 Å². The molecule has 1 unspecified atom stereocenters. The summed E-state index contributed by atoms with van der Waals surface area (Å²) >= 11 is 0. The van der Waals surface area contributed by atoms with E-state index in [0.717, 1.165) is 5.92 Å². The molecule has 0 aromatic carbocycles. The van der Waals surface area contributed by atoms with Gasteiger partial charge in [-0.1, -0.05) is 51.4 Å². The average molecular weight is 206 g/mol. The Hall–Kier alpha value is 0. The molecule has 86 valence electrons. The SMILES string of the molecule is C1CCCCC(C2CC3CC2C3)CCC1. The summed E-state index contributed by atoms with van der Waals surface area (Å²) in [6.45, 7) is 0. The molecule has 0 heteroatoms. The molecule has 0 aromatic heterocycles. The number of rotatable bonds is 1. The third-order valence-electron chi connectivity index (χ3n) is 5.49. The van der Waals surface area contributed by atoms with Crippen LogP contribution in [0.4, 0.5) is 0 Å². The summed E-state index contributed by atoms with van der Waals surface area (Å²) in [7, 11) is 0. The Balaban J connectivity index is 1.57. The first-order valence-electron chi connectivity index (χ1n) is 7.43. The monoisotopic (exact) mass is 206 g/mol. The van der Waals surface area contributed by atoms with Crippen LogP contribution in [0.3, 0.4) is 0 Å². The van der Waals surface area contributed by atoms with Crippen LogP contribution in [-0.2, 0) is 0 Å². The van der Waals surface area contributed by atoms with Gasteiger partial charge < -0.3 is 0 Å². The number of fused-ring (bicyclic) bond motifs is 1. The molecule has 0 spiro atoms. The Morgan fingerprint density at radius 3 is 1.67 bits per heavy atom. The van der Waals surface area contributed by atoms with E-state index in [9.17, 15) is 0 Å². The van der Waals surface area contributed by atoms with Crippen LogP contribution in [0.2, 0.25) is 0 Å². The number of hydrogen-bond donors (Lipinski definition) is 0. The van der Waals surface area contributed by atoms with Crippen molar-refractivity contribution >= 4 is 0 Å². The molecule has 4 aliphatic rings. The summed E-state index contributed by atoms with van der Waals surface area (Å²) in [4.78, 5) is 0. The van der Waals surface area contributed by atoms with Crippen LogP contribution in [0, 0.1) is 23.7 Å². The second-order valence-electron chi connectivity index (χ2n) is 6.46. The molecule has 0 radical (unpaired) electrons. The fraction of sp³-hybridized carbons (Fsp3) is 1.00. The Morgan fingerprint density at radius 2 is 1.13 bits per heavy atom. The second kappa shape index (κ2) is 4.47. The van der Waals surface area contributed by atoms with Crippen LogP contribution in [0.1, 0.15) is 70.6 Å². The van der Waals surface area contributed by atoms with Crippen LogP contribution in [0.5, 0.6) is 0 Å². The van der Waals surface area contributed by atoms with Crippen molar-refractivity contribution in [3.8, 4) is 0 Å². The van der Waals surface area contributed by atoms with Crippen molar-refractivity contribution in [1.29, 1.82) is 0 Å². The lowest BCUT2D eigenvalue weighted by Gasteiger charge is -2.29. The van der Waals surface area contributed by atoms with Gasteiger partial charge in [0.15, 0.2) is 0 Å². The lowest BCUT2D eigenvalue weighted by Crippen LogP contribution is -2.20. The molecule has 0 N–H and O–H groups in total. The Kier molecular flexibility index (Phi) is 3.03. The van der Waals surface area contributed by atoms with Crippen LogP contribution in [0.15, 0.2) is 0 Å². The van der Waals surface area contributed by atoms with Gasteiger partial charge in [-0.15, -0.1) is 0 Å². The maximum atomic E-state index is 1.62. The van der Waals surface area contributed by atoms with Crippen molar-refractivity contribution in [2.24, 2.45) is 23.7 Å². The van der Waals surface area contributed by atoms with Crippen molar-refractivity contribution in [1.82, 2.24) is 0 Å². The predicted molar refractivity (Wildman–Crippen MR) is 64.7 cm³/mol. The summed E-state index contributed by atoms with van der Waals surface area (Å²) in [5, 5.41) is 0. The van der Waals surface area contributed by atoms with E-state index in [1.165, 1.54) is 43.4 Å². The Labute approximate surface area is 94.8 Å². The summed E-state index contributed by atoms with van der Waals surface area (Å²) in [5.74, 6) is 4.67. The highest BCUT2D eigenvalue weighted by molar-refractivity contribution is 4.96. The van der Waals surface area contributed by atoms with Crippen molar-refractivity contribution in [3.05, 3.63) is 0 Å². The highest BCUT2D eigenvalue weighted by Crippen LogP contribution is 2.56. The van der Waals surface area contributed by atoms with Gasteiger partial charge in [-0.2, -0.15) is 0 Å². The van der Waals surface area contributed by atoms with Crippen molar-refractivity contribution in [2.75, 3.05) is 0 Å². The molecule has 0 nitrogen and oxygen atoms in total. The van der Waals surface area contributed by atoms with E-state index >= 15 is 0 Å². The molecular weight excluding hydrogens is 180 g/mol. The maximum absolute atomic E-state index is 1.62. The minimum Gasteiger partial charge on any atom is -0.0533 e. The van der Waals surface area contributed by atoms with Crippen LogP contribution in [-0.4, -0.2) is 0 Å². The van der Waals surface area contributed by atoms with Crippen molar-refractivity contribution in [3.63, 3.8) is 0 Å². The maximum Gasteiger partial charge on any atom is -0.0355 e. The van der Waals surface area contributed by atoms with Gasteiger partial charge in [-0.05, 0) is 42.9 Å². The molecule has 4 rings (SSSR count). The largest absolute Gasteiger partial charge is 0.0533 e. The molecule has 1 atom stereocenters. The quantitative estimate of drug-likeness (QED) is 0.579. The molecule has 0 heterocycles. The minimum absolute atomic E-state index is 1.14. The molecule has 4 saturated carbocycles. The normalized spacial score (nSPS) is 42.8. The summed E-state index contributed by atoms with van der Waals surface area (Å²) in [6.07, 6.45) is 17.2. The Bertz CT molecular complexity index is 192. The zero-order valence-electron chi connectivity index (χ0n) is 10.1. The van der Waals surface area contributed by atoms with Gasteiger partial charge in [0, 0.05) is 0 Å². The standard InChI is InChI=1S/C15H26/c1-2-4-6-8-13(7-5-3-1)15-11-12-9-14(15)10-12/h12-15H,1-11H2. The zero-order valence-corrected chi connectivity index (χ0v) is 10.1. The van der Waals surface area contributed by atoms with Gasteiger partial charge in [0.05, 0.1) is 0 Å². The fourth-order valence-corrected chi connectivity index (χ4v) is 4.58. The van der Waals surface area contributed by atoms with E-state index in [2.05, 4.69) is 0 Å². The molecule has 4 aliphatic carbocycles. The molecule has 4 fully saturated rings. The highest BCUT2D eigenvalue weighted by Gasteiger charge is 2.46. The van der Waals surface area contributed by atoms with Crippen LogP contribution >= 0.6 is 0 Å². The molecule has 2 bridgehead atoms. The van der Waals surface area contributed by atoms with E-state index < -0.39 is 0 Å². The highest BCUT2D eigenvalue weighted by atomic mass is 14.5. The third-order valence-corrected chi connectivity index (χ3v) is 5.49. The first-order valence-corrected chi connectivity index (χ1v) is 7.43. The fourth-order valence-electron chi connectivity index (χ4n) is 4.58. The van der Waals surface area contributed by atoms with Gasteiger partial charge in [0.1, 0.15) is 0 Å². The van der Waals surface area contributed by atoms with Gasteiger partial charge in [-0.3, -0.25) is 0 Å². The molecular formula is C15H26. The molecule has 0 aromatic rings. The van der Waals surface area contributed by atoms with E-state index in [0.29, 0.717) is 0 Å². The van der Waals surface area contributed by atoms with E-state index in [4.69, 9.17) is 0 Å². The summed E-state index contributed by atoms with van der Waals surface area (Å²) in [6, 6.07) is 0. The molecule has 15 heavy (non-hydrogen) atoms. The smallest absolute Gasteiger partial charge is 0.0355 e. The van der Waals surface area contributed by atoms with Gasteiger partial charge in [0.2, 0.25) is 0 Å². The third kappa shape index (κ3) is 2.10. The van der Waals surface area contributed by atoms with Gasteiger partial charge in [-0.25, -0.2) is 0 Å². The van der Waals surface area contributed by atoms with E-state index in [1.807, 2.05) is 0 Å².